The summed E-state index contributed by atoms with van der Waals surface area (Å²) in [5, 5.41) is 8.70. The number of hydrogen-bond donors (Lipinski definition) is 3. The van der Waals surface area contributed by atoms with E-state index in [2.05, 4.69) is 31.9 Å². The Morgan fingerprint density at radius 2 is 1.69 bits per heavy atom. The van der Waals surface area contributed by atoms with E-state index in [1.807, 2.05) is 31.2 Å². The fourth-order valence-corrected chi connectivity index (χ4v) is 2.84. The molecule has 0 fully saturated rings. The van der Waals surface area contributed by atoms with Gasteiger partial charge in [0, 0.05) is 15.7 Å². The number of thiocarbonyl (C=S) groups is 1. The number of para-hydroxylation sites is 1. The number of hydrogen-bond acceptors (Lipinski definition) is 2. The van der Waals surface area contributed by atoms with Crippen LogP contribution < -0.4 is 16.0 Å². The molecule has 0 saturated heterocycles. The average molecular weight is 496 g/mol. The van der Waals surface area contributed by atoms with Crippen molar-refractivity contribution in [1.82, 2.24) is 10.6 Å². The van der Waals surface area contributed by atoms with Gasteiger partial charge in [0.15, 0.2) is 5.11 Å². The molecule has 138 valence electrons. The number of rotatable bonds is 4. The van der Waals surface area contributed by atoms with Crippen LogP contribution in [0.1, 0.15) is 15.9 Å². The molecule has 0 aromatic heterocycles. The summed E-state index contributed by atoms with van der Waals surface area (Å²) in [6, 6.07) is 14.4. The minimum absolute atomic E-state index is 0.215. The van der Waals surface area contributed by atoms with Crippen molar-refractivity contribution in [2.75, 3.05) is 5.32 Å². The molecule has 3 N–H and O–H groups in total. The zero-order valence-corrected chi connectivity index (χ0v) is 18.2. The highest BCUT2D eigenvalue weighted by molar-refractivity contribution is 9.10. The van der Waals surface area contributed by atoms with Crippen molar-refractivity contribution in [3.8, 4) is 0 Å². The minimum Gasteiger partial charge on any atom is -0.339 e. The summed E-state index contributed by atoms with van der Waals surface area (Å²) in [6.07, 6.45) is -1.03. The first-order valence-electron chi connectivity index (χ1n) is 7.43. The number of nitrogens with one attached hydrogen (secondary N) is 3. The van der Waals surface area contributed by atoms with Crippen molar-refractivity contribution in [2.24, 2.45) is 0 Å². The van der Waals surface area contributed by atoms with Gasteiger partial charge in [-0.15, -0.1) is 0 Å². The number of anilines is 1. The maximum absolute atomic E-state index is 12.4. The lowest BCUT2D eigenvalue weighted by Gasteiger charge is -2.28. The summed E-state index contributed by atoms with van der Waals surface area (Å²) in [7, 11) is 0. The number of carbonyl (C=O) groups excluding carboxylic acids is 1. The highest BCUT2D eigenvalue weighted by atomic mass is 79.9. The second kappa shape index (κ2) is 9.24. The van der Waals surface area contributed by atoms with Gasteiger partial charge >= 0.3 is 0 Å². The second-order valence-corrected chi connectivity index (χ2v) is 9.06. The first-order chi connectivity index (χ1) is 12.2. The van der Waals surface area contributed by atoms with Gasteiger partial charge in [0.2, 0.25) is 3.79 Å². The molecule has 0 saturated carbocycles. The predicted octanol–water partition coefficient (Wildman–Crippen LogP) is 5.17. The summed E-state index contributed by atoms with van der Waals surface area (Å²) in [4.78, 5) is 12.4. The van der Waals surface area contributed by atoms with Crippen molar-refractivity contribution in [1.29, 1.82) is 0 Å². The Balaban J connectivity index is 2.07. The average Bonchev–Trinajstić information content (AvgIpc) is 2.56. The van der Waals surface area contributed by atoms with Gasteiger partial charge in [-0.25, -0.2) is 0 Å². The molecule has 0 aliphatic rings. The van der Waals surface area contributed by atoms with Crippen molar-refractivity contribution in [2.45, 2.75) is 16.9 Å². The van der Waals surface area contributed by atoms with Crippen molar-refractivity contribution < 1.29 is 4.79 Å². The smallest absolute Gasteiger partial charge is 0.252 e. The van der Waals surface area contributed by atoms with Gasteiger partial charge in [-0.3, -0.25) is 4.79 Å². The fraction of sp³-hybridized carbons (Fsp3) is 0.176. The van der Waals surface area contributed by atoms with Gasteiger partial charge < -0.3 is 16.0 Å². The topological polar surface area (TPSA) is 53.2 Å². The zero-order valence-electron chi connectivity index (χ0n) is 13.5. The maximum Gasteiger partial charge on any atom is 0.252 e. The van der Waals surface area contributed by atoms with E-state index in [4.69, 9.17) is 47.0 Å². The van der Waals surface area contributed by atoms with E-state index in [1.165, 1.54) is 0 Å². The van der Waals surface area contributed by atoms with Crippen molar-refractivity contribution >= 4 is 79.7 Å². The van der Waals surface area contributed by atoms with E-state index in [0.29, 0.717) is 5.56 Å². The molecule has 26 heavy (non-hydrogen) atoms. The van der Waals surface area contributed by atoms with E-state index >= 15 is 0 Å². The van der Waals surface area contributed by atoms with E-state index in [1.54, 1.807) is 24.3 Å². The lowest BCUT2D eigenvalue weighted by atomic mass is 10.2. The molecule has 1 atom stereocenters. The van der Waals surface area contributed by atoms with Crippen molar-refractivity contribution in [3.05, 3.63) is 64.1 Å². The molecule has 0 heterocycles. The monoisotopic (exact) mass is 493 g/mol. The standard InChI is InChI=1S/C17H15BrCl3N3OS/c1-10-4-2-3-5-13(10)22-16(26)24-15(17(19,20)21)23-14(25)11-6-8-12(18)9-7-11/h2-9,15H,1H3,(H,23,25)(H2,22,24,26)/t15-/m0/s1. The van der Waals surface area contributed by atoms with Crippen LogP contribution in [-0.2, 0) is 0 Å². The number of aryl methyl sites for hydroxylation is 1. The second-order valence-electron chi connectivity index (χ2n) is 5.37. The van der Waals surface area contributed by atoms with Gasteiger partial charge in [0.25, 0.3) is 5.91 Å². The molecule has 0 unspecified atom stereocenters. The highest BCUT2D eigenvalue weighted by Gasteiger charge is 2.34. The molecule has 0 radical (unpaired) electrons. The van der Waals surface area contributed by atoms with Crippen LogP contribution in [0.2, 0.25) is 0 Å². The number of alkyl halides is 3. The summed E-state index contributed by atoms with van der Waals surface area (Å²) >= 11 is 26.6. The summed E-state index contributed by atoms with van der Waals surface area (Å²) < 4.78 is -0.962. The van der Waals surface area contributed by atoms with Gasteiger partial charge in [-0.05, 0) is 55.0 Å². The van der Waals surface area contributed by atoms with Crippen LogP contribution in [-0.4, -0.2) is 21.0 Å². The Morgan fingerprint density at radius 3 is 2.27 bits per heavy atom. The van der Waals surface area contributed by atoms with Crippen LogP contribution in [0, 0.1) is 6.92 Å². The van der Waals surface area contributed by atoms with Crippen LogP contribution in [0.3, 0.4) is 0 Å². The molecule has 2 aromatic rings. The van der Waals surface area contributed by atoms with Crippen LogP contribution in [0.15, 0.2) is 53.0 Å². The van der Waals surface area contributed by atoms with Gasteiger partial charge in [-0.2, -0.15) is 0 Å². The third-order valence-electron chi connectivity index (χ3n) is 3.38. The van der Waals surface area contributed by atoms with Gasteiger partial charge in [-0.1, -0.05) is 68.9 Å². The van der Waals surface area contributed by atoms with E-state index in [0.717, 1.165) is 15.7 Å². The first kappa shape index (κ1) is 21.3. The number of halogens is 4. The highest BCUT2D eigenvalue weighted by Crippen LogP contribution is 2.29. The molecular formula is C17H15BrCl3N3OS. The molecule has 2 rings (SSSR count). The van der Waals surface area contributed by atoms with E-state index < -0.39 is 15.9 Å². The van der Waals surface area contributed by atoms with E-state index in [-0.39, 0.29) is 5.11 Å². The Labute approximate surface area is 180 Å². The molecule has 0 bridgehead atoms. The normalized spacial score (nSPS) is 12.2. The molecule has 2 aromatic carbocycles. The van der Waals surface area contributed by atoms with Crippen LogP contribution >= 0.6 is 63.0 Å². The predicted molar refractivity (Wildman–Crippen MR) is 116 cm³/mol. The molecule has 9 heteroatoms. The third-order valence-corrected chi connectivity index (χ3v) is 4.78. The Bertz CT molecular complexity index is 797. The summed E-state index contributed by atoms with van der Waals surface area (Å²) in [5.74, 6) is -0.403. The SMILES string of the molecule is Cc1ccccc1NC(=S)N[C@H](NC(=O)c1ccc(Br)cc1)C(Cl)(Cl)Cl. The van der Waals surface area contributed by atoms with E-state index in [9.17, 15) is 4.79 Å². The minimum atomic E-state index is -1.82. The molecular weight excluding hydrogens is 481 g/mol. The van der Waals surface area contributed by atoms with Crippen molar-refractivity contribution in [3.63, 3.8) is 0 Å². The molecule has 0 spiro atoms. The Hall–Kier alpha value is -1.05. The maximum atomic E-state index is 12.4. The molecule has 1 amide bonds. The van der Waals surface area contributed by atoms with Crippen LogP contribution in [0.5, 0.6) is 0 Å². The lowest BCUT2D eigenvalue weighted by molar-refractivity contribution is 0.0934. The zero-order chi connectivity index (χ0) is 19.3. The first-order valence-corrected chi connectivity index (χ1v) is 9.76. The lowest BCUT2D eigenvalue weighted by Crippen LogP contribution is -2.56. The fourth-order valence-electron chi connectivity index (χ4n) is 2.02. The Morgan fingerprint density at radius 1 is 1.08 bits per heavy atom. The molecule has 0 aliphatic heterocycles. The number of amides is 1. The van der Waals surface area contributed by atoms with Gasteiger partial charge in [0.05, 0.1) is 0 Å². The van der Waals surface area contributed by atoms with Gasteiger partial charge in [0.1, 0.15) is 6.17 Å². The van der Waals surface area contributed by atoms with Crippen LogP contribution in [0.25, 0.3) is 0 Å². The largest absolute Gasteiger partial charge is 0.339 e. The van der Waals surface area contributed by atoms with Crippen LogP contribution in [0.4, 0.5) is 5.69 Å². The number of carbonyl (C=O) groups is 1. The Kier molecular flexibility index (Phi) is 7.55. The molecule has 0 aliphatic carbocycles. The summed E-state index contributed by atoms with van der Waals surface area (Å²) in [5.41, 5.74) is 2.24. The quantitative estimate of drug-likeness (QED) is 0.311. The number of benzene rings is 2. The molecule has 4 nitrogen and oxygen atoms in total. The summed E-state index contributed by atoms with van der Waals surface area (Å²) in [6.45, 7) is 1.94. The third kappa shape index (κ3) is 6.28.